The molecule has 1 heterocycles. The number of rotatable bonds is 6. The fourth-order valence-corrected chi connectivity index (χ4v) is 3.13. The van der Waals surface area contributed by atoms with Crippen molar-refractivity contribution in [1.82, 2.24) is 5.32 Å². The maximum atomic E-state index is 5.29. The van der Waals surface area contributed by atoms with Gasteiger partial charge < -0.3 is 14.8 Å². The smallest absolute Gasteiger partial charge is 0.177 e. The van der Waals surface area contributed by atoms with Crippen molar-refractivity contribution in [3.8, 4) is 0 Å². The summed E-state index contributed by atoms with van der Waals surface area (Å²) in [7, 11) is 3.31. The van der Waals surface area contributed by atoms with Gasteiger partial charge in [0.05, 0.1) is 6.04 Å². The summed E-state index contributed by atoms with van der Waals surface area (Å²) in [5, 5.41) is 5.41. The van der Waals surface area contributed by atoms with Gasteiger partial charge >= 0.3 is 0 Å². The fourth-order valence-electron chi connectivity index (χ4n) is 1.43. The van der Waals surface area contributed by atoms with Gasteiger partial charge in [-0.05, 0) is 33.9 Å². The van der Waals surface area contributed by atoms with E-state index in [9.17, 15) is 0 Å². The van der Waals surface area contributed by atoms with E-state index in [4.69, 9.17) is 9.47 Å². The molecule has 0 aromatic carbocycles. The zero-order chi connectivity index (χ0) is 11.3. The Morgan fingerprint density at radius 2 is 2.13 bits per heavy atom. The highest BCUT2D eigenvalue weighted by Gasteiger charge is 2.24. The zero-order valence-electron chi connectivity index (χ0n) is 9.12. The highest BCUT2D eigenvalue weighted by molar-refractivity contribution is 9.10. The Hall–Kier alpha value is 0.0600. The van der Waals surface area contributed by atoms with Crippen LogP contribution < -0.4 is 5.32 Å². The van der Waals surface area contributed by atoms with Crippen molar-refractivity contribution >= 4 is 27.3 Å². The van der Waals surface area contributed by atoms with E-state index in [2.05, 4.69) is 28.2 Å². The van der Waals surface area contributed by atoms with Crippen LogP contribution in [0.3, 0.4) is 0 Å². The molecule has 0 saturated heterocycles. The van der Waals surface area contributed by atoms with Gasteiger partial charge in [-0.1, -0.05) is 6.92 Å². The summed E-state index contributed by atoms with van der Waals surface area (Å²) in [6.07, 6.45) is -0.264. The molecule has 86 valence electrons. The van der Waals surface area contributed by atoms with Gasteiger partial charge in [-0.15, -0.1) is 11.3 Å². The van der Waals surface area contributed by atoms with E-state index < -0.39 is 0 Å². The standard InChI is InChI=1S/C10H16BrNO2S/c1-4-12-8(10(13-2)14-3)9-7(11)5-6-15-9/h5-6,8,10,12H,4H2,1-3H3. The van der Waals surface area contributed by atoms with Crippen molar-refractivity contribution in [3.63, 3.8) is 0 Å². The molecule has 0 amide bonds. The van der Waals surface area contributed by atoms with Crippen molar-refractivity contribution < 1.29 is 9.47 Å². The van der Waals surface area contributed by atoms with Gasteiger partial charge in [-0.25, -0.2) is 0 Å². The molecule has 0 fully saturated rings. The highest BCUT2D eigenvalue weighted by Crippen LogP contribution is 2.31. The van der Waals surface area contributed by atoms with E-state index >= 15 is 0 Å². The second-order valence-corrected chi connectivity index (χ2v) is 4.81. The van der Waals surface area contributed by atoms with E-state index in [-0.39, 0.29) is 12.3 Å². The minimum atomic E-state index is -0.264. The number of ether oxygens (including phenoxy) is 2. The molecule has 1 N–H and O–H groups in total. The van der Waals surface area contributed by atoms with Crippen LogP contribution in [0, 0.1) is 0 Å². The lowest BCUT2D eigenvalue weighted by Gasteiger charge is -2.24. The molecule has 15 heavy (non-hydrogen) atoms. The molecular formula is C10H16BrNO2S. The summed E-state index contributed by atoms with van der Waals surface area (Å²) < 4.78 is 11.7. The molecule has 1 aromatic rings. The maximum Gasteiger partial charge on any atom is 0.177 e. The predicted octanol–water partition coefficient (Wildman–Crippen LogP) is 2.78. The highest BCUT2D eigenvalue weighted by atomic mass is 79.9. The number of nitrogens with one attached hydrogen (secondary N) is 1. The van der Waals surface area contributed by atoms with Crippen LogP contribution in [0.2, 0.25) is 0 Å². The molecule has 0 saturated carbocycles. The molecule has 0 spiro atoms. The average Bonchev–Trinajstić information content (AvgIpc) is 2.65. The van der Waals surface area contributed by atoms with Gasteiger partial charge in [-0.2, -0.15) is 0 Å². The van der Waals surface area contributed by atoms with Crippen LogP contribution in [-0.4, -0.2) is 27.1 Å². The van der Waals surface area contributed by atoms with Gasteiger partial charge in [0.15, 0.2) is 6.29 Å². The van der Waals surface area contributed by atoms with Gasteiger partial charge in [0.25, 0.3) is 0 Å². The molecule has 1 aromatic heterocycles. The zero-order valence-corrected chi connectivity index (χ0v) is 11.5. The second kappa shape index (κ2) is 6.60. The fraction of sp³-hybridized carbons (Fsp3) is 0.600. The first-order chi connectivity index (χ1) is 7.24. The van der Waals surface area contributed by atoms with Crippen molar-refractivity contribution in [2.75, 3.05) is 20.8 Å². The minimum Gasteiger partial charge on any atom is -0.354 e. The van der Waals surface area contributed by atoms with Gasteiger partial charge in [-0.3, -0.25) is 0 Å². The summed E-state index contributed by atoms with van der Waals surface area (Å²) in [6.45, 7) is 2.94. The molecule has 1 atom stereocenters. The SMILES string of the molecule is CCNC(c1sccc1Br)C(OC)OC. The van der Waals surface area contributed by atoms with Crippen molar-refractivity contribution in [1.29, 1.82) is 0 Å². The number of hydrogen-bond donors (Lipinski definition) is 1. The summed E-state index contributed by atoms with van der Waals surface area (Å²) in [5.41, 5.74) is 0. The van der Waals surface area contributed by atoms with Crippen LogP contribution in [0.15, 0.2) is 15.9 Å². The summed E-state index contributed by atoms with van der Waals surface area (Å²) in [6, 6.07) is 2.10. The van der Waals surface area contributed by atoms with Crippen LogP contribution >= 0.6 is 27.3 Å². The molecule has 0 aliphatic rings. The lowest BCUT2D eigenvalue weighted by atomic mass is 10.2. The number of hydrogen-bond acceptors (Lipinski definition) is 4. The van der Waals surface area contributed by atoms with Crippen molar-refractivity contribution in [2.24, 2.45) is 0 Å². The molecular weight excluding hydrogens is 278 g/mol. The first kappa shape index (κ1) is 13.1. The van der Waals surface area contributed by atoms with Gasteiger partial charge in [0, 0.05) is 23.6 Å². The Kier molecular flexibility index (Phi) is 5.78. The largest absolute Gasteiger partial charge is 0.354 e. The molecule has 1 rings (SSSR count). The number of thiophene rings is 1. The van der Waals surface area contributed by atoms with Gasteiger partial charge in [0.1, 0.15) is 0 Å². The molecule has 3 nitrogen and oxygen atoms in total. The molecule has 5 heteroatoms. The quantitative estimate of drug-likeness (QED) is 0.818. The molecule has 0 radical (unpaired) electrons. The third-order valence-corrected chi connectivity index (χ3v) is 4.04. The maximum absolute atomic E-state index is 5.29. The van der Waals surface area contributed by atoms with E-state index in [1.807, 2.05) is 11.4 Å². The molecule has 1 unspecified atom stereocenters. The first-order valence-electron chi connectivity index (χ1n) is 4.76. The van der Waals surface area contributed by atoms with Crippen molar-refractivity contribution in [3.05, 3.63) is 20.8 Å². The van der Waals surface area contributed by atoms with Crippen LogP contribution in [0.5, 0.6) is 0 Å². The minimum absolute atomic E-state index is 0.0689. The Labute approximate surface area is 103 Å². The molecule has 0 bridgehead atoms. The monoisotopic (exact) mass is 293 g/mol. The summed E-state index contributed by atoms with van der Waals surface area (Å²) >= 11 is 5.21. The molecule has 0 aliphatic carbocycles. The van der Waals surface area contributed by atoms with E-state index in [0.29, 0.717) is 0 Å². The third-order valence-electron chi connectivity index (χ3n) is 2.09. The molecule has 0 aliphatic heterocycles. The van der Waals surface area contributed by atoms with Crippen LogP contribution in [-0.2, 0) is 9.47 Å². The first-order valence-corrected chi connectivity index (χ1v) is 6.43. The summed E-state index contributed by atoms with van der Waals surface area (Å²) in [5.74, 6) is 0. The third kappa shape index (κ3) is 3.26. The van der Waals surface area contributed by atoms with E-state index in [1.165, 1.54) is 4.88 Å². The number of methoxy groups -OCH3 is 2. The normalized spacial score (nSPS) is 13.4. The Morgan fingerprint density at radius 3 is 2.53 bits per heavy atom. The van der Waals surface area contributed by atoms with E-state index in [1.54, 1.807) is 25.6 Å². The van der Waals surface area contributed by atoms with Crippen LogP contribution in [0.1, 0.15) is 17.8 Å². The van der Waals surface area contributed by atoms with E-state index in [0.717, 1.165) is 11.0 Å². The average molecular weight is 294 g/mol. The van der Waals surface area contributed by atoms with Crippen molar-refractivity contribution in [2.45, 2.75) is 19.3 Å². The Bertz CT molecular complexity index is 289. The number of likely N-dealkylation sites (N-methyl/N-ethyl adjacent to an activating group) is 1. The van der Waals surface area contributed by atoms with Crippen LogP contribution in [0.4, 0.5) is 0 Å². The van der Waals surface area contributed by atoms with Crippen LogP contribution in [0.25, 0.3) is 0 Å². The lowest BCUT2D eigenvalue weighted by Crippen LogP contribution is -2.34. The lowest BCUT2D eigenvalue weighted by molar-refractivity contribution is -0.123. The second-order valence-electron chi connectivity index (χ2n) is 3.01. The number of halogens is 1. The van der Waals surface area contributed by atoms with Gasteiger partial charge in [0.2, 0.25) is 0 Å². The topological polar surface area (TPSA) is 30.5 Å². The predicted molar refractivity (Wildman–Crippen MR) is 66.2 cm³/mol. The summed E-state index contributed by atoms with van der Waals surface area (Å²) in [4.78, 5) is 1.20. The Balaban J connectivity index is 2.86. The Morgan fingerprint density at radius 1 is 1.47 bits per heavy atom.